The fraction of sp³-hybridized carbons (Fsp3) is 0.133. The lowest BCUT2D eigenvalue weighted by Gasteiger charge is -2.07. The average Bonchev–Trinajstić information content (AvgIpc) is 2.68. The zero-order valence-electron chi connectivity index (χ0n) is 9.66. The minimum absolute atomic E-state index is 0.0851. The molecule has 2 nitrogen and oxygen atoms in total. The van der Waals surface area contributed by atoms with Gasteiger partial charge in [-0.2, -0.15) is 0 Å². The number of fused-ring (bicyclic) bond motifs is 1. The van der Waals surface area contributed by atoms with Crippen molar-refractivity contribution in [3.05, 3.63) is 53.6 Å². The molecule has 3 rings (SSSR count). The second-order valence-corrected chi connectivity index (χ2v) is 4.41. The summed E-state index contributed by atoms with van der Waals surface area (Å²) < 4.78 is 0. The Labute approximate surface area is 100 Å². The fourth-order valence-corrected chi connectivity index (χ4v) is 2.29. The molecule has 0 aliphatic carbocycles. The number of aryl methyl sites for hydroxylation is 1. The number of rotatable bonds is 1. The van der Waals surface area contributed by atoms with E-state index in [0.29, 0.717) is 6.42 Å². The SMILES string of the molecule is Cc1ccccc1-c1ccc2c(c1)CC(=O)N2. The normalized spacial score (nSPS) is 13.4. The maximum atomic E-state index is 11.3. The quantitative estimate of drug-likeness (QED) is 0.790. The highest BCUT2D eigenvalue weighted by Crippen LogP contribution is 2.30. The first-order valence-electron chi connectivity index (χ1n) is 5.73. The molecule has 0 unspecified atom stereocenters. The van der Waals surface area contributed by atoms with Crippen molar-refractivity contribution in [2.24, 2.45) is 0 Å². The van der Waals surface area contributed by atoms with Gasteiger partial charge in [-0.1, -0.05) is 30.3 Å². The van der Waals surface area contributed by atoms with Crippen molar-refractivity contribution >= 4 is 11.6 Å². The van der Waals surface area contributed by atoms with Crippen LogP contribution in [-0.4, -0.2) is 5.91 Å². The standard InChI is InChI=1S/C15H13NO/c1-10-4-2-3-5-13(10)11-6-7-14-12(8-11)9-15(17)16-14/h2-8H,9H2,1H3,(H,16,17). The maximum absolute atomic E-state index is 11.3. The van der Waals surface area contributed by atoms with E-state index in [-0.39, 0.29) is 5.91 Å². The van der Waals surface area contributed by atoms with Gasteiger partial charge in [-0.05, 0) is 41.3 Å². The van der Waals surface area contributed by atoms with Crippen molar-refractivity contribution in [3.63, 3.8) is 0 Å². The highest BCUT2D eigenvalue weighted by molar-refractivity contribution is 5.99. The number of nitrogens with one attached hydrogen (secondary N) is 1. The van der Waals surface area contributed by atoms with E-state index in [1.807, 2.05) is 18.2 Å². The van der Waals surface area contributed by atoms with E-state index in [1.165, 1.54) is 16.7 Å². The maximum Gasteiger partial charge on any atom is 0.228 e. The number of carbonyl (C=O) groups excluding carboxylic acids is 1. The van der Waals surface area contributed by atoms with Crippen molar-refractivity contribution in [2.45, 2.75) is 13.3 Å². The lowest BCUT2D eigenvalue weighted by molar-refractivity contribution is -0.115. The average molecular weight is 223 g/mol. The number of hydrogen-bond acceptors (Lipinski definition) is 1. The number of benzene rings is 2. The molecule has 0 saturated carbocycles. The molecular formula is C15H13NO. The van der Waals surface area contributed by atoms with Gasteiger partial charge < -0.3 is 5.32 Å². The minimum Gasteiger partial charge on any atom is -0.326 e. The molecule has 2 heteroatoms. The Morgan fingerprint density at radius 3 is 2.76 bits per heavy atom. The van der Waals surface area contributed by atoms with Gasteiger partial charge in [0.25, 0.3) is 0 Å². The van der Waals surface area contributed by atoms with Crippen LogP contribution < -0.4 is 5.32 Å². The van der Waals surface area contributed by atoms with Crippen molar-refractivity contribution in [2.75, 3.05) is 5.32 Å². The van der Waals surface area contributed by atoms with Crippen molar-refractivity contribution in [1.82, 2.24) is 0 Å². The first-order chi connectivity index (χ1) is 8.24. The lowest BCUT2D eigenvalue weighted by atomic mass is 9.98. The lowest BCUT2D eigenvalue weighted by Crippen LogP contribution is -2.03. The molecule has 1 aliphatic rings. The largest absolute Gasteiger partial charge is 0.326 e. The summed E-state index contributed by atoms with van der Waals surface area (Å²) in [5.41, 5.74) is 5.71. The van der Waals surface area contributed by atoms with Crippen LogP contribution in [0, 0.1) is 6.92 Å². The van der Waals surface area contributed by atoms with E-state index in [9.17, 15) is 4.79 Å². The first kappa shape index (κ1) is 10.1. The Bertz CT molecular complexity index is 602. The van der Waals surface area contributed by atoms with Crippen LogP contribution in [-0.2, 0) is 11.2 Å². The summed E-state index contributed by atoms with van der Waals surface area (Å²) in [7, 11) is 0. The molecule has 1 amide bonds. The van der Waals surface area contributed by atoms with Gasteiger partial charge in [0.15, 0.2) is 0 Å². The van der Waals surface area contributed by atoms with Gasteiger partial charge in [0, 0.05) is 5.69 Å². The predicted molar refractivity (Wildman–Crippen MR) is 68.9 cm³/mol. The van der Waals surface area contributed by atoms with Gasteiger partial charge in [0.2, 0.25) is 5.91 Å². The molecule has 0 aromatic heterocycles. The summed E-state index contributed by atoms with van der Waals surface area (Å²) in [6, 6.07) is 14.5. The first-order valence-corrected chi connectivity index (χ1v) is 5.73. The van der Waals surface area contributed by atoms with Crippen LogP contribution >= 0.6 is 0 Å². The van der Waals surface area contributed by atoms with Gasteiger partial charge in [-0.15, -0.1) is 0 Å². The van der Waals surface area contributed by atoms with E-state index in [4.69, 9.17) is 0 Å². The van der Waals surface area contributed by atoms with E-state index in [2.05, 4.69) is 36.5 Å². The Balaban J connectivity index is 2.09. The van der Waals surface area contributed by atoms with Crippen LogP contribution in [0.2, 0.25) is 0 Å². The fourth-order valence-electron chi connectivity index (χ4n) is 2.29. The summed E-state index contributed by atoms with van der Waals surface area (Å²) in [5.74, 6) is 0.0851. The predicted octanol–water partition coefficient (Wildman–Crippen LogP) is 3.16. The minimum atomic E-state index is 0.0851. The van der Waals surface area contributed by atoms with Crippen molar-refractivity contribution < 1.29 is 4.79 Å². The van der Waals surface area contributed by atoms with Gasteiger partial charge in [0.05, 0.1) is 6.42 Å². The number of anilines is 1. The molecule has 2 aromatic rings. The molecule has 84 valence electrons. The summed E-state index contributed by atoms with van der Waals surface area (Å²) >= 11 is 0. The molecule has 2 aromatic carbocycles. The molecule has 1 N–H and O–H groups in total. The smallest absolute Gasteiger partial charge is 0.228 e. The summed E-state index contributed by atoms with van der Waals surface area (Å²) in [4.78, 5) is 11.3. The third-order valence-corrected chi connectivity index (χ3v) is 3.19. The molecule has 0 bridgehead atoms. The highest BCUT2D eigenvalue weighted by atomic mass is 16.1. The van der Waals surface area contributed by atoms with E-state index in [1.54, 1.807) is 0 Å². The van der Waals surface area contributed by atoms with Crippen LogP contribution in [0.15, 0.2) is 42.5 Å². The van der Waals surface area contributed by atoms with Gasteiger partial charge in [0.1, 0.15) is 0 Å². The molecule has 0 spiro atoms. The van der Waals surface area contributed by atoms with Crippen molar-refractivity contribution in [3.8, 4) is 11.1 Å². The van der Waals surface area contributed by atoms with E-state index < -0.39 is 0 Å². The number of amides is 1. The topological polar surface area (TPSA) is 29.1 Å². The zero-order chi connectivity index (χ0) is 11.8. The highest BCUT2D eigenvalue weighted by Gasteiger charge is 2.17. The summed E-state index contributed by atoms with van der Waals surface area (Å²) in [5, 5.41) is 2.85. The zero-order valence-corrected chi connectivity index (χ0v) is 9.66. The molecule has 0 saturated heterocycles. The third kappa shape index (κ3) is 1.72. The third-order valence-electron chi connectivity index (χ3n) is 3.19. The Morgan fingerprint density at radius 1 is 1.12 bits per heavy atom. The summed E-state index contributed by atoms with van der Waals surface area (Å²) in [6.07, 6.45) is 0.495. The molecular weight excluding hydrogens is 210 g/mol. The van der Waals surface area contributed by atoms with Gasteiger partial charge in [-0.3, -0.25) is 4.79 Å². The van der Waals surface area contributed by atoms with E-state index in [0.717, 1.165) is 11.3 Å². The number of carbonyl (C=O) groups is 1. The second-order valence-electron chi connectivity index (χ2n) is 4.41. The molecule has 1 heterocycles. The van der Waals surface area contributed by atoms with Gasteiger partial charge >= 0.3 is 0 Å². The summed E-state index contributed by atoms with van der Waals surface area (Å²) in [6.45, 7) is 2.10. The monoisotopic (exact) mass is 223 g/mol. The van der Waals surface area contributed by atoms with Crippen LogP contribution in [0.1, 0.15) is 11.1 Å². The van der Waals surface area contributed by atoms with Crippen LogP contribution in [0.25, 0.3) is 11.1 Å². The van der Waals surface area contributed by atoms with Crippen molar-refractivity contribution in [1.29, 1.82) is 0 Å². The molecule has 17 heavy (non-hydrogen) atoms. The van der Waals surface area contributed by atoms with Gasteiger partial charge in [-0.25, -0.2) is 0 Å². The van der Waals surface area contributed by atoms with E-state index >= 15 is 0 Å². The molecule has 0 radical (unpaired) electrons. The van der Waals surface area contributed by atoms with Crippen LogP contribution in [0.5, 0.6) is 0 Å². The molecule has 0 fully saturated rings. The molecule has 1 aliphatic heterocycles. The van der Waals surface area contributed by atoms with Crippen LogP contribution in [0.4, 0.5) is 5.69 Å². The Kier molecular flexibility index (Phi) is 2.22. The Morgan fingerprint density at radius 2 is 1.94 bits per heavy atom. The van der Waals surface area contributed by atoms with Crippen LogP contribution in [0.3, 0.4) is 0 Å². The number of hydrogen-bond donors (Lipinski definition) is 1. The molecule has 0 atom stereocenters. The Hall–Kier alpha value is -2.09. The second kappa shape index (κ2) is 3.74.